The summed E-state index contributed by atoms with van der Waals surface area (Å²) < 4.78 is 25.7. The fourth-order valence-electron chi connectivity index (χ4n) is 10.3. The molecule has 4 saturated carbocycles. The fourth-order valence-corrected chi connectivity index (χ4v) is 10.3. The Morgan fingerprint density at radius 1 is 0.960 bits per heavy atom. The molecule has 9 aliphatic rings. The molecular formula is C38H47N3O9. The molecule has 0 spiro atoms. The van der Waals surface area contributed by atoms with Crippen LogP contribution in [0.15, 0.2) is 30.3 Å². The summed E-state index contributed by atoms with van der Waals surface area (Å²) in [4.78, 5) is 51.0. The average molecular weight is 690 g/mol. The maximum absolute atomic E-state index is 15.1. The molecule has 2 N–H and O–H groups in total. The lowest BCUT2D eigenvalue weighted by molar-refractivity contribution is -0.235. The van der Waals surface area contributed by atoms with E-state index in [1.165, 1.54) is 0 Å². The summed E-state index contributed by atoms with van der Waals surface area (Å²) in [6, 6.07) is 6.56. The van der Waals surface area contributed by atoms with Crippen LogP contribution in [0.1, 0.15) is 75.3 Å². The molecule has 5 saturated heterocycles. The zero-order valence-corrected chi connectivity index (χ0v) is 28.3. The molecule has 12 nitrogen and oxygen atoms in total. The van der Waals surface area contributed by atoms with Crippen molar-refractivity contribution in [1.29, 1.82) is 0 Å². The number of nitrogens with zero attached hydrogens (tertiary/aromatic N) is 2. The van der Waals surface area contributed by atoms with Gasteiger partial charge in [0, 0.05) is 31.3 Å². The molecule has 12 heteroatoms. The molecule has 2 amide bonds. The Balaban J connectivity index is 0.954. The Morgan fingerprint density at radius 3 is 2.48 bits per heavy atom. The van der Waals surface area contributed by atoms with Crippen LogP contribution >= 0.6 is 0 Å². The van der Waals surface area contributed by atoms with Crippen molar-refractivity contribution in [1.82, 2.24) is 15.3 Å². The van der Waals surface area contributed by atoms with Crippen molar-refractivity contribution < 1.29 is 43.3 Å². The number of aliphatic hydroxyl groups is 1. The van der Waals surface area contributed by atoms with Crippen LogP contribution in [0.25, 0.3) is 6.08 Å². The van der Waals surface area contributed by atoms with E-state index in [0.717, 1.165) is 56.1 Å². The third-order valence-electron chi connectivity index (χ3n) is 13.0. The topological polar surface area (TPSA) is 139 Å². The molecule has 0 aromatic heterocycles. The second-order valence-electron chi connectivity index (χ2n) is 16.2. The number of esters is 1. The van der Waals surface area contributed by atoms with Crippen molar-refractivity contribution in [3.63, 3.8) is 0 Å². The summed E-state index contributed by atoms with van der Waals surface area (Å²) in [6.45, 7) is 0.608. The molecule has 1 aromatic rings. The van der Waals surface area contributed by atoms with Gasteiger partial charge in [-0.2, -0.15) is 5.06 Å². The second-order valence-corrected chi connectivity index (χ2v) is 16.2. The summed E-state index contributed by atoms with van der Waals surface area (Å²) in [5.41, 5.74) is 0.740. The van der Waals surface area contributed by atoms with Crippen LogP contribution in [0, 0.1) is 23.2 Å². The lowest BCUT2D eigenvalue weighted by atomic mass is 9.62. The van der Waals surface area contributed by atoms with Crippen molar-refractivity contribution >= 4 is 23.9 Å². The predicted octanol–water partition coefficient (Wildman–Crippen LogP) is 2.47. The summed E-state index contributed by atoms with van der Waals surface area (Å²) in [6.07, 6.45) is 11.8. The van der Waals surface area contributed by atoms with E-state index in [0.29, 0.717) is 49.3 Å². The normalized spacial score (nSPS) is 41.2. The lowest BCUT2D eigenvalue weighted by Gasteiger charge is -2.50. The SMILES string of the molecule is O=C(NCCO)[C@H]1CCCN1C(=O)[C@@]12C[C@H]3OC(=O)[C@@H]1N(Cc1ccc(C=CC4CCC5OC5C4)cc1)O[C@@H]2[C@H]1OC(C2CC2)(C2CC2)O[C@H]13. The number of nitrogens with one attached hydrogen (secondary N) is 1. The van der Waals surface area contributed by atoms with Crippen molar-refractivity contribution in [2.45, 2.75) is 125 Å². The first-order chi connectivity index (χ1) is 24.4. The Bertz CT molecular complexity index is 1570. The molecule has 9 fully saturated rings. The summed E-state index contributed by atoms with van der Waals surface area (Å²) in [5.74, 6) is -0.664. The average Bonchev–Trinajstić information content (AvgIpc) is 4.08. The second kappa shape index (κ2) is 11.8. The van der Waals surface area contributed by atoms with Gasteiger partial charge in [-0.1, -0.05) is 36.4 Å². The van der Waals surface area contributed by atoms with Gasteiger partial charge in [-0.3, -0.25) is 19.2 Å². The molecule has 4 aliphatic carbocycles. The van der Waals surface area contributed by atoms with Gasteiger partial charge in [-0.05, 0) is 74.8 Å². The van der Waals surface area contributed by atoms with E-state index in [2.05, 4.69) is 29.6 Å². The number of hydrogen-bond acceptors (Lipinski definition) is 10. The quantitative estimate of drug-likeness (QED) is 0.278. The fraction of sp³-hybridized carbons (Fsp3) is 0.711. The number of allylic oxidation sites excluding steroid dienone is 1. The Kier molecular flexibility index (Phi) is 7.53. The Labute approximate surface area is 291 Å². The van der Waals surface area contributed by atoms with Crippen molar-refractivity contribution in [2.75, 3.05) is 19.7 Å². The minimum absolute atomic E-state index is 0.114. The number of aliphatic hydroxyl groups excluding tert-OH is 1. The molecule has 2 bridgehead atoms. The van der Waals surface area contributed by atoms with Gasteiger partial charge >= 0.3 is 5.97 Å². The first-order valence-electron chi connectivity index (χ1n) is 19.0. The van der Waals surface area contributed by atoms with Crippen molar-refractivity contribution in [2.24, 2.45) is 23.2 Å². The number of fused-ring (bicyclic) bond motifs is 5. The van der Waals surface area contributed by atoms with Crippen LogP contribution in [0.4, 0.5) is 0 Å². The molecular weight excluding hydrogens is 642 g/mol. The van der Waals surface area contributed by atoms with Crippen LogP contribution < -0.4 is 5.32 Å². The highest BCUT2D eigenvalue weighted by Gasteiger charge is 2.78. The minimum Gasteiger partial charge on any atom is -0.458 e. The first kappa shape index (κ1) is 31.8. The molecule has 0 radical (unpaired) electrons. The predicted molar refractivity (Wildman–Crippen MR) is 175 cm³/mol. The number of hydrogen-bond donors (Lipinski definition) is 2. The highest BCUT2D eigenvalue weighted by atomic mass is 16.8. The zero-order valence-electron chi connectivity index (χ0n) is 28.3. The molecule has 10 atom stereocenters. The van der Waals surface area contributed by atoms with E-state index in [1.807, 2.05) is 12.1 Å². The molecule has 268 valence electrons. The molecule has 3 unspecified atom stereocenters. The largest absolute Gasteiger partial charge is 0.458 e. The molecule has 10 rings (SSSR count). The highest BCUT2D eigenvalue weighted by molar-refractivity contribution is 5.96. The van der Waals surface area contributed by atoms with Gasteiger partial charge < -0.3 is 34.3 Å². The molecule has 1 aromatic carbocycles. The molecule has 5 heterocycles. The van der Waals surface area contributed by atoms with Gasteiger partial charge in [0.2, 0.25) is 11.8 Å². The number of rotatable bonds is 10. The van der Waals surface area contributed by atoms with Gasteiger partial charge in [0.25, 0.3) is 0 Å². The number of amides is 2. The number of carbonyl (C=O) groups is 3. The van der Waals surface area contributed by atoms with E-state index < -0.39 is 53.7 Å². The number of benzene rings is 1. The Morgan fingerprint density at radius 2 is 1.74 bits per heavy atom. The van der Waals surface area contributed by atoms with Crippen LogP contribution in [0.5, 0.6) is 0 Å². The number of likely N-dealkylation sites (tertiary alicyclic amines) is 1. The van der Waals surface area contributed by atoms with Gasteiger partial charge in [0.05, 0.1) is 25.4 Å². The van der Waals surface area contributed by atoms with Crippen LogP contribution in [0.3, 0.4) is 0 Å². The van der Waals surface area contributed by atoms with Crippen molar-refractivity contribution in [3.8, 4) is 0 Å². The van der Waals surface area contributed by atoms with Gasteiger partial charge in [0.1, 0.15) is 35.9 Å². The highest BCUT2D eigenvalue weighted by Crippen LogP contribution is 2.64. The monoisotopic (exact) mass is 689 g/mol. The number of epoxide rings is 1. The lowest BCUT2D eigenvalue weighted by Crippen LogP contribution is -2.70. The minimum atomic E-state index is -1.31. The van der Waals surface area contributed by atoms with E-state index in [-0.39, 0.29) is 37.9 Å². The summed E-state index contributed by atoms with van der Waals surface area (Å²) >= 11 is 0. The molecule has 5 aliphatic heterocycles. The van der Waals surface area contributed by atoms with Gasteiger partial charge in [-0.25, -0.2) is 0 Å². The van der Waals surface area contributed by atoms with Crippen LogP contribution in [-0.4, -0.2) is 107 Å². The van der Waals surface area contributed by atoms with E-state index in [1.54, 1.807) is 9.96 Å². The van der Waals surface area contributed by atoms with Crippen molar-refractivity contribution in [3.05, 3.63) is 41.5 Å². The van der Waals surface area contributed by atoms with Gasteiger partial charge in [-0.15, -0.1) is 0 Å². The Hall–Kier alpha value is -2.87. The third kappa shape index (κ3) is 5.03. The smallest absolute Gasteiger partial charge is 0.327 e. The van der Waals surface area contributed by atoms with E-state index >= 15 is 4.79 Å². The molecule has 50 heavy (non-hydrogen) atoms. The number of ether oxygens (including phenoxy) is 4. The number of carbonyl (C=O) groups excluding carboxylic acids is 3. The maximum atomic E-state index is 15.1. The zero-order chi connectivity index (χ0) is 33.8. The third-order valence-corrected chi connectivity index (χ3v) is 13.0. The van der Waals surface area contributed by atoms with Crippen LogP contribution in [-0.2, 0) is 44.7 Å². The van der Waals surface area contributed by atoms with Gasteiger partial charge in [0.15, 0.2) is 11.8 Å². The summed E-state index contributed by atoms with van der Waals surface area (Å²) in [5, 5.41) is 13.7. The first-order valence-corrected chi connectivity index (χ1v) is 19.0. The summed E-state index contributed by atoms with van der Waals surface area (Å²) in [7, 11) is 0. The van der Waals surface area contributed by atoms with E-state index in [9.17, 15) is 14.7 Å². The van der Waals surface area contributed by atoms with Crippen LogP contribution in [0.2, 0.25) is 0 Å². The number of hydroxylamine groups is 2. The standard InChI is InChI=1S/C38H47N3O9/c42-17-15-39-34(43)26-2-1-16-40(26)36(45)37-19-29-30-31(49-38(48-30,24-10-11-24)25-12-13-25)33(37)50-41(32(37)35(44)47-29)20-23-7-4-21(5-8-23)3-6-22-9-14-27-28(18-22)46-27/h3-8,22,24-33,42H,1-2,9-20H2,(H,39,43)/t22?,26-,27?,28?,29-,30+,31+,32+,33-,37+/m1/s1. The maximum Gasteiger partial charge on any atom is 0.327 e. The van der Waals surface area contributed by atoms with E-state index in [4.69, 9.17) is 23.8 Å².